The molecule has 0 fully saturated rings. The Hall–Kier alpha value is -2.64. The Morgan fingerprint density at radius 1 is 1.27 bits per heavy atom. The number of carbonyl (C=O) groups is 1. The molecule has 3 aromatic rings. The number of ether oxygens (including phenoxy) is 2. The van der Waals surface area contributed by atoms with Gasteiger partial charge >= 0.3 is 5.97 Å². The van der Waals surface area contributed by atoms with Crippen molar-refractivity contribution in [2.24, 2.45) is 0 Å². The smallest absolute Gasteiger partial charge is 0.357 e. The van der Waals surface area contributed by atoms with Crippen LogP contribution in [-0.2, 0) is 4.74 Å². The zero-order valence-electron chi connectivity index (χ0n) is 14.9. The number of fused-ring (bicyclic) bond motifs is 3. The van der Waals surface area contributed by atoms with Gasteiger partial charge in [-0.1, -0.05) is 6.07 Å². The Bertz CT molecular complexity index is 948. The van der Waals surface area contributed by atoms with Crippen molar-refractivity contribution in [3.63, 3.8) is 0 Å². The Kier molecular flexibility index (Phi) is 5.11. The number of nitrogens with zero attached hydrogens (tertiary/aromatic N) is 1. The maximum atomic E-state index is 12.3. The summed E-state index contributed by atoms with van der Waals surface area (Å²) in [5.74, 6) is 0.0848. The molecule has 3 rings (SSSR count). The van der Waals surface area contributed by atoms with Crippen LogP contribution in [0.2, 0.25) is 0 Å². The number of aliphatic hydroxyl groups excluding tert-OH is 2. The first-order valence-corrected chi connectivity index (χ1v) is 8.45. The summed E-state index contributed by atoms with van der Waals surface area (Å²) >= 11 is 0. The third-order valence-corrected chi connectivity index (χ3v) is 4.04. The molecule has 0 aliphatic carbocycles. The van der Waals surface area contributed by atoms with Gasteiger partial charge in [-0.15, -0.1) is 0 Å². The van der Waals surface area contributed by atoms with Gasteiger partial charge < -0.3 is 24.7 Å². The van der Waals surface area contributed by atoms with Crippen molar-refractivity contribution in [1.82, 2.24) is 9.97 Å². The van der Waals surface area contributed by atoms with Gasteiger partial charge in [-0.3, -0.25) is 0 Å². The number of esters is 1. The lowest BCUT2D eigenvalue weighted by molar-refractivity contribution is 0.00884. The quantitative estimate of drug-likeness (QED) is 0.584. The fourth-order valence-electron chi connectivity index (χ4n) is 2.92. The average Bonchev–Trinajstić information content (AvgIpc) is 2.99. The minimum atomic E-state index is -1.11. The molecule has 7 nitrogen and oxygen atoms in total. The van der Waals surface area contributed by atoms with Gasteiger partial charge in [0.1, 0.15) is 18.5 Å². The second-order valence-electron chi connectivity index (χ2n) is 6.43. The van der Waals surface area contributed by atoms with E-state index in [9.17, 15) is 9.90 Å². The SMILES string of the molecule is Cc1c(C(=O)OCC(O)CO)ncc2[nH]c3cccc(OC(C)C)c3c12. The maximum Gasteiger partial charge on any atom is 0.357 e. The first kappa shape index (κ1) is 18.2. The lowest BCUT2D eigenvalue weighted by Crippen LogP contribution is -2.22. The Morgan fingerprint density at radius 3 is 2.73 bits per heavy atom. The van der Waals surface area contributed by atoms with Crippen molar-refractivity contribution in [3.8, 4) is 5.75 Å². The molecule has 2 aromatic heterocycles. The summed E-state index contributed by atoms with van der Waals surface area (Å²) < 4.78 is 11.0. The van der Waals surface area contributed by atoms with E-state index in [0.717, 1.165) is 27.6 Å². The van der Waals surface area contributed by atoms with Crippen LogP contribution in [0.1, 0.15) is 29.9 Å². The van der Waals surface area contributed by atoms with E-state index in [1.54, 1.807) is 13.1 Å². The molecule has 7 heteroatoms. The molecule has 26 heavy (non-hydrogen) atoms. The number of aromatic amines is 1. The molecule has 2 heterocycles. The fourth-order valence-corrected chi connectivity index (χ4v) is 2.92. The van der Waals surface area contributed by atoms with Crippen LogP contribution in [0.3, 0.4) is 0 Å². The largest absolute Gasteiger partial charge is 0.490 e. The van der Waals surface area contributed by atoms with E-state index in [2.05, 4.69) is 9.97 Å². The minimum Gasteiger partial charge on any atom is -0.490 e. The first-order valence-electron chi connectivity index (χ1n) is 8.45. The predicted molar refractivity (Wildman–Crippen MR) is 97.5 cm³/mol. The molecule has 0 saturated carbocycles. The highest BCUT2D eigenvalue weighted by atomic mass is 16.5. The van der Waals surface area contributed by atoms with Crippen molar-refractivity contribution in [2.75, 3.05) is 13.2 Å². The summed E-state index contributed by atoms with van der Waals surface area (Å²) in [5, 5.41) is 19.9. The van der Waals surface area contributed by atoms with E-state index in [-0.39, 0.29) is 18.4 Å². The van der Waals surface area contributed by atoms with E-state index < -0.39 is 18.7 Å². The third-order valence-electron chi connectivity index (χ3n) is 4.04. The normalized spacial score (nSPS) is 12.7. The van der Waals surface area contributed by atoms with Crippen molar-refractivity contribution < 1.29 is 24.5 Å². The molecule has 0 aliphatic heterocycles. The van der Waals surface area contributed by atoms with Crippen LogP contribution in [0.4, 0.5) is 0 Å². The Labute approximate surface area is 150 Å². The predicted octanol–water partition coefficient (Wildman–Crippen LogP) is 2.32. The van der Waals surface area contributed by atoms with Crippen LogP contribution >= 0.6 is 0 Å². The third kappa shape index (κ3) is 3.36. The fraction of sp³-hybridized carbons (Fsp3) is 0.368. The molecular formula is C19H22N2O5. The van der Waals surface area contributed by atoms with Gasteiger partial charge in [0.2, 0.25) is 0 Å². The first-order chi connectivity index (χ1) is 12.4. The van der Waals surface area contributed by atoms with Gasteiger partial charge in [-0.05, 0) is 38.5 Å². The number of aliphatic hydroxyl groups is 2. The van der Waals surface area contributed by atoms with Crippen LogP contribution in [0, 0.1) is 6.92 Å². The van der Waals surface area contributed by atoms with E-state index in [0.29, 0.717) is 5.56 Å². The number of hydrogen-bond donors (Lipinski definition) is 3. The zero-order chi connectivity index (χ0) is 18.8. The van der Waals surface area contributed by atoms with Gasteiger partial charge in [-0.2, -0.15) is 0 Å². The summed E-state index contributed by atoms with van der Waals surface area (Å²) in [7, 11) is 0. The number of H-pyrrole nitrogens is 1. The van der Waals surface area contributed by atoms with Crippen molar-refractivity contribution in [1.29, 1.82) is 0 Å². The molecule has 1 atom stereocenters. The monoisotopic (exact) mass is 358 g/mol. The molecule has 0 spiro atoms. The van der Waals surface area contributed by atoms with Gasteiger partial charge in [0.05, 0.1) is 29.9 Å². The molecule has 0 amide bonds. The van der Waals surface area contributed by atoms with Crippen LogP contribution in [0.25, 0.3) is 21.8 Å². The maximum absolute atomic E-state index is 12.3. The minimum absolute atomic E-state index is 0.0112. The summed E-state index contributed by atoms with van der Waals surface area (Å²) in [6, 6.07) is 5.74. The highest BCUT2D eigenvalue weighted by Gasteiger charge is 2.20. The number of pyridine rings is 1. The summed E-state index contributed by atoms with van der Waals surface area (Å²) in [4.78, 5) is 19.8. The van der Waals surface area contributed by atoms with Crippen molar-refractivity contribution in [2.45, 2.75) is 33.0 Å². The van der Waals surface area contributed by atoms with Gasteiger partial charge in [0, 0.05) is 10.8 Å². The highest BCUT2D eigenvalue weighted by Crippen LogP contribution is 2.36. The number of carbonyl (C=O) groups excluding carboxylic acids is 1. The van der Waals surface area contributed by atoms with Crippen LogP contribution in [0.15, 0.2) is 24.4 Å². The molecular weight excluding hydrogens is 336 g/mol. The summed E-state index contributed by atoms with van der Waals surface area (Å²) in [5.41, 5.74) is 2.52. The molecule has 3 N–H and O–H groups in total. The topological polar surface area (TPSA) is 105 Å². The van der Waals surface area contributed by atoms with Crippen LogP contribution in [0.5, 0.6) is 5.75 Å². The molecule has 1 unspecified atom stereocenters. The molecule has 0 bridgehead atoms. The van der Waals surface area contributed by atoms with Crippen LogP contribution < -0.4 is 4.74 Å². The number of hydrogen-bond acceptors (Lipinski definition) is 6. The van der Waals surface area contributed by atoms with Crippen molar-refractivity contribution >= 4 is 27.8 Å². The standard InChI is InChI=1S/C19H22N2O5/c1-10(2)26-15-6-4-5-13-17(15)16-11(3)18(20-7-14(16)21-13)19(24)25-9-12(23)8-22/h4-7,10,12,21-23H,8-9H2,1-3H3. The number of rotatable bonds is 6. The lowest BCUT2D eigenvalue weighted by Gasteiger charge is -2.12. The molecule has 0 radical (unpaired) electrons. The summed E-state index contributed by atoms with van der Waals surface area (Å²) in [6.07, 6.45) is 0.486. The molecule has 0 saturated heterocycles. The van der Waals surface area contributed by atoms with Crippen molar-refractivity contribution in [3.05, 3.63) is 35.7 Å². The zero-order valence-corrected chi connectivity index (χ0v) is 14.9. The lowest BCUT2D eigenvalue weighted by atomic mass is 10.1. The molecule has 1 aromatic carbocycles. The highest BCUT2D eigenvalue weighted by molar-refractivity contribution is 6.13. The second-order valence-corrected chi connectivity index (χ2v) is 6.43. The molecule has 138 valence electrons. The second kappa shape index (κ2) is 7.31. The van der Waals surface area contributed by atoms with Crippen LogP contribution in [-0.4, -0.2) is 51.6 Å². The van der Waals surface area contributed by atoms with E-state index in [1.165, 1.54) is 0 Å². The van der Waals surface area contributed by atoms with Gasteiger partial charge in [0.25, 0.3) is 0 Å². The van der Waals surface area contributed by atoms with E-state index in [4.69, 9.17) is 14.6 Å². The van der Waals surface area contributed by atoms with Gasteiger partial charge in [-0.25, -0.2) is 9.78 Å². The van der Waals surface area contributed by atoms with E-state index in [1.807, 2.05) is 32.0 Å². The Morgan fingerprint density at radius 2 is 2.04 bits per heavy atom. The van der Waals surface area contributed by atoms with Gasteiger partial charge in [0.15, 0.2) is 5.69 Å². The summed E-state index contributed by atoms with van der Waals surface area (Å²) in [6.45, 7) is 4.95. The van der Waals surface area contributed by atoms with E-state index >= 15 is 0 Å². The Balaban J connectivity index is 2.09. The number of aryl methyl sites for hydroxylation is 1. The number of aromatic nitrogens is 2. The number of benzene rings is 1. The number of nitrogens with one attached hydrogen (secondary N) is 1. The average molecular weight is 358 g/mol. The molecule has 0 aliphatic rings.